The standard InChI is InChI=1S/C15H13FO2S/c16-13-6-1-2-7-14(13)18-11-15-12(8-10-19-15)5-3-4-9-17/h1-2,6-8,10,17H,4,9,11H2. The van der Waals surface area contributed by atoms with Crippen LogP contribution < -0.4 is 4.74 Å². The molecule has 0 unspecified atom stereocenters. The molecule has 0 fully saturated rings. The van der Waals surface area contributed by atoms with Crippen molar-refractivity contribution in [1.82, 2.24) is 0 Å². The summed E-state index contributed by atoms with van der Waals surface area (Å²) >= 11 is 1.52. The summed E-state index contributed by atoms with van der Waals surface area (Å²) < 4.78 is 18.8. The fourth-order valence-corrected chi connectivity index (χ4v) is 2.22. The zero-order chi connectivity index (χ0) is 13.5. The first kappa shape index (κ1) is 13.6. The van der Waals surface area contributed by atoms with E-state index in [-0.39, 0.29) is 18.2 Å². The second-order valence-corrected chi connectivity index (χ2v) is 4.75. The molecule has 2 nitrogen and oxygen atoms in total. The van der Waals surface area contributed by atoms with Crippen LogP contribution in [0, 0.1) is 17.7 Å². The van der Waals surface area contributed by atoms with Gasteiger partial charge in [0.15, 0.2) is 11.6 Å². The second-order valence-electron chi connectivity index (χ2n) is 3.75. The first-order valence-corrected chi connectivity index (χ1v) is 6.72. The van der Waals surface area contributed by atoms with Crippen LogP contribution >= 0.6 is 11.3 Å². The van der Waals surface area contributed by atoms with Crippen LogP contribution in [0.25, 0.3) is 0 Å². The first-order valence-electron chi connectivity index (χ1n) is 5.84. The Kier molecular flexibility index (Phi) is 4.96. The van der Waals surface area contributed by atoms with Crippen LogP contribution in [0.5, 0.6) is 5.75 Å². The molecule has 1 aromatic heterocycles. The Hall–Kier alpha value is -1.83. The van der Waals surface area contributed by atoms with Crippen molar-refractivity contribution in [1.29, 1.82) is 0 Å². The minimum atomic E-state index is -0.369. The highest BCUT2D eigenvalue weighted by Crippen LogP contribution is 2.21. The molecule has 0 aliphatic rings. The molecule has 1 aromatic carbocycles. The van der Waals surface area contributed by atoms with Gasteiger partial charge in [0.1, 0.15) is 6.61 Å². The molecule has 0 amide bonds. The van der Waals surface area contributed by atoms with Gasteiger partial charge in [-0.1, -0.05) is 24.0 Å². The van der Waals surface area contributed by atoms with Crippen molar-refractivity contribution in [2.45, 2.75) is 13.0 Å². The summed E-state index contributed by atoms with van der Waals surface area (Å²) in [6.45, 7) is 0.347. The van der Waals surface area contributed by atoms with Crippen LogP contribution in [-0.4, -0.2) is 11.7 Å². The highest BCUT2D eigenvalue weighted by Gasteiger charge is 2.05. The van der Waals surface area contributed by atoms with Crippen molar-refractivity contribution < 1.29 is 14.2 Å². The Morgan fingerprint density at radius 3 is 2.89 bits per heavy atom. The maximum atomic E-state index is 13.4. The van der Waals surface area contributed by atoms with Crippen molar-refractivity contribution in [2.24, 2.45) is 0 Å². The van der Waals surface area contributed by atoms with Crippen LogP contribution in [0.1, 0.15) is 16.9 Å². The van der Waals surface area contributed by atoms with Gasteiger partial charge in [-0.2, -0.15) is 0 Å². The fourth-order valence-electron chi connectivity index (χ4n) is 1.48. The van der Waals surface area contributed by atoms with Gasteiger partial charge in [-0.3, -0.25) is 0 Å². The molecule has 4 heteroatoms. The second kappa shape index (κ2) is 6.93. The molecule has 0 spiro atoms. The van der Waals surface area contributed by atoms with Crippen molar-refractivity contribution >= 4 is 11.3 Å². The Morgan fingerprint density at radius 2 is 2.11 bits per heavy atom. The van der Waals surface area contributed by atoms with Crippen LogP contribution in [0.2, 0.25) is 0 Å². The summed E-state index contributed by atoms with van der Waals surface area (Å²) in [6.07, 6.45) is 0.448. The lowest BCUT2D eigenvalue weighted by Crippen LogP contribution is -1.96. The zero-order valence-corrected chi connectivity index (χ0v) is 11.0. The van der Waals surface area contributed by atoms with Gasteiger partial charge in [-0.05, 0) is 23.6 Å². The molecule has 0 aliphatic heterocycles. The molecule has 2 rings (SSSR count). The lowest BCUT2D eigenvalue weighted by atomic mass is 10.2. The number of para-hydroxylation sites is 1. The molecule has 1 N–H and O–H groups in total. The monoisotopic (exact) mass is 276 g/mol. The van der Waals surface area contributed by atoms with Crippen molar-refractivity contribution in [3.05, 3.63) is 52.0 Å². The third kappa shape index (κ3) is 3.82. The van der Waals surface area contributed by atoms with E-state index in [1.54, 1.807) is 18.2 Å². The fraction of sp³-hybridized carbons (Fsp3) is 0.200. The molecular formula is C15H13FO2S. The number of hydrogen-bond donors (Lipinski definition) is 1. The average molecular weight is 276 g/mol. The largest absolute Gasteiger partial charge is 0.485 e. The molecule has 2 aromatic rings. The summed E-state index contributed by atoms with van der Waals surface area (Å²) in [4.78, 5) is 0.952. The maximum Gasteiger partial charge on any atom is 0.165 e. The molecule has 0 radical (unpaired) electrons. The summed E-state index contributed by atoms with van der Waals surface area (Å²) in [5.74, 6) is 5.71. The molecule has 1 heterocycles. The van der Waals surface area contributed by atoms with Crippen LogP contribution in [-0.2, 0) is 6.61 Å². The normalized spacial score (nSPS) is 9.79. The number of benzene rings is 1. The van der Waals surface area contributed by atoms with E-state index in [9.17, 15) is 4.39 Å². The van der Waals surface area contributed by atoms with Gasteiger partial charge >= 0.3 is 0 Å². The number of halogens is 1. The number of aliphatic hydroxyl groups is 1. The van der Waals surface area contributed by atoms with E-state index in [1.807, 2.05) is 11.4 Å². The molecule has 0 saturated carbocycles. The van der Waals surface area contributed by atoms with E-state index < -0.39 is 0 Å². The minimum absolute atomic E-state index is 0.0538. The molecule has 0 aliphatic carbocycles. The van der Waals surface area contributed by atoms with Gasteiger partial charge in [-0.25, -0.2) is 4.39 Å². The Labute approximate surface area is 115 Å². The molecule has 0 saturated heterocycles. The molecule has 0 atom stereocenters. The summed E-state index contributed by atoms with van der Waals surface area (Å²) in [5, 5.41) is 10.6. The Morgan fingerprint density at radius 1 is 1.26 bits per heavy atom. The number of rotatable bonds is 4. The number of hydrogen-bond acceptors (Lipinski definition) is 3. The first-order chi connectivity index (χ1) is 9.31. The van der Waals surface area contributed by atoms with Crippen molar-refractivity contribution in [3.8, 4) is 17.6 Å². The number of aliphatic hydroxyl groups excluding tert-OH is 1. The summed E-state index contributed by atoms with van der Waals surface area (Å²) in [6, 6.07) is 8.22. The van der Waals surface area contributed by atoms with E-state index >= 15 is 0 Å². The molecular weight excluding hydrogens is 263 g/mol. The smallest absolute Gasteiger partial charge is 0.165 e. The van der Waals surface area contributed by atoms with Crippen LogP contribution in [0.4, 0.5) is 4.39 Å². The van der Waals surface area contributed by atoms with E-state index in [1.165, 1.54) is 17.4 Å². The lowest BCUT2D eigenvalue weighted by molar-refractivity contribution is 0.293. The quantitative estimate of drug-likeness (QED) is 0.869. The summed E-state index contributed by atoms with van der Waals surface area (Å²) in [7, 11) is 0. The highest BCUT2D eigenvalue weighted by molar-refractivity contribution is 7.10. The van der Waals surface area contributed by atoms with Gasteiger partial charge in [0, 0.05) is 12.0 Å². The Balaban J connectivity index is 2.03. The van der Waals surface area contributed by atoms with Crippen molar-refractivity contribution in [2.75, 3.05) is 6.61 Å². The SMILES string of the molecule is OCCC#Cc1ccsc1COc1ccccc1F. The summed E-state index contributed by atoms with van der Waals surface area (Å²) in [5.41, 5.74) is 0.870. The molecule has 98 valence electrons. The van der Waals surface area contributed by atoms with Gasteiger partial charge in [0.25, 0.3) is 0 Å². The van der Waals surface area contributed by atoms with E-state index in [4.69, 9.17) is 9.84 Å². The van der Waals surface area contributed by atoms with Crippen LogP contribution in [0.3, 0.4) is 0 Å². The Bertz CT molecular complexity index is 595. The zero-order valence-electron chi connectivity index (χ0n) is 10.2. The van der Waals surface area contributed by atoms with Crippen molar-refractivity contribution in [3.63, 3.8) is 0 Å². The van der Waals surface area contributed by atoms with E-state index in [0.717, 1.165) is 10.4 Å². The lowest BCUT2D eigenvalue weighted by Gasteiger charge is -2.05. The molecule has 0 bridgehead atoms. The molecule has 19 heavy (non-hydrogen) atoms. The van der Waals surface area contributed by atoms with E-state index in [0.29, 0.717) is 13.0 Å². The third-order valence-corrected chi connectivity index (χ3v) is 3.30. The van der Waals surface area contributed by atoms with Gasteiger partial charge in [0.05, 0.1) is 11.5 Å². The highest BCUT2D eigenvalue weighted by atomic mass is 32.1. The average Bonchev–Trinajstić information content (AvgIpc) is 2.86. The number of ether oxygens (including phenoxy) is 1. The minimum Gasteiger partial charge on any atom is -0.485 e. The van der Waals surface area contributed by atoms with E-state index in [2.05, 4.69) is 11.8 Å². The third-order valence-electron chi connectivity index (χ3n) is 2.40. The number of thiophene rings is 1. The van der Waals surface area contributed by atoms with Gasteiger partial charge in [-0.15, -0.1) is 11.3 Å². The van der Waals surface area contributed by atoms with Crippen LogP contribution in [0.15, 0.2) is 35.7 Å². The predicted molar refractivity (Wildman–Crippen MR) is 73.6 cm³/mol. The maximum absolute atomic E-state index is 13.4. The van der Waals surface area contributed by atoms with Gasteiger partial charge in [0.2, 0.25) is 0 Å². The van der Waals surface area contributed by atoms with Gasteiger partial charge < -0.3 is 9.84 Å². The topological polar surface area (TPSA) is 29.5 Å². The predicted octanol–water partition coefficient (Wildman–Crippen LogP) is 3.20.